The van der Waals surface area contributed by atoms with Gasteiger partial charge in [-0.15, -0.1) is 0 Å². The van der Waals surface area contributed by atoms with Crippen LogP contribution < -0.4 is 10.0 Å². The fourth-order valence-corrected chi connectivity index (χ4v) is 2.71. The Hall–Kier alpha value is -2.34. The highest BCUT2D eigenvalue weighted by atomic mass is 32.2. The number of hydrogen-bond acceptors (Lipinski definition) is 3. The fraction of sp³-hybridized carbons (Fsp3) is 0.235. The van der Waals surface area contributed by atoms with Gasteiger partial charge in [-0.05, 0) is 37.6 Å². The molecule has 0 bridgehead atoms. The van der Waals surface area contributed by atoms with Crippen molar-refractivity contribution < 1.29 is 13.2 Å². The lowest BCUT2D eigenvalue weighted by atomic mass is 10.1. The Morgan fingerprint density at radius 1 is 1.09 bits per heavy atom. The number of carbonyl (C=O) groups excluding carboxylic acids is 1. The van der Waals surface area contributed by atoms with E-state index in [1.165, 1.54) is 6.07 Å². The Bertz CT molecular complexity index is 799. The van der Waals surface area contributed by atoms with Crippen LogP contribution in [-0.4, -0.2) is 20.6 Å². The van der Waals surface area contributed by atoms with Crippen molar-refractivity contribution in [1.29, 1.82) is 0 Å². The molecule has 0 radical (unpaired) electrons. The maximum absolute atomic E-state index is 12.3. The maximum Gasteiger partial charge on any atom is 0.251 e. The van der Waals surface area contributed by atoms with Gasteiger partial charge in [0, 0.05) is 11.3 Å². The van der Waals surface area contributed by atoms with Gasteiger partial charge in [-0.25, -0.2) is 8.42 Å². The average molecular weight is 332 g/mol. The van der Waals surface area contributed by atoms with Gasteiger partial charge in [-0.3, -0.25) is 9.52 Å². The molecule has 0 saturated heterocycles. The highest BCUT2D eigenvalue weighted by Gasteiger charge is 2.12. The molecule has 2 N–H and O–H groups in total. The smallest absolute Gasteiger partial charge is 0.251 e. The standard InChI is InChI=1S/C17H20N2O3S/c1-12-7-9-14(10-8-12)13(2)18-17(20)15-5-4-6-16(11-15)19-23(3,21)22/h4-11,13,19H,1-3H3,(H,18,20). The largest absolute Gasteiger partial charge is 0.346 e. The topological polar surface area (TPSA) is 75.3 Å². The summed E-state index contributed by atoms with van der Waals surface area (Å²) in [5.41, 5.74) is 2.93. The van der Waals surface area contributed by atoms with E-state index in [9.17, 15) is 13.2 Å². The second kappa shape index (κ2) is 6.83. The minimum Gasteiger partial charge on any atom is -0.346 e. The molecule has 23 heavy (non-hydrogen) atoms. The molecule has 0 spiro atoms. The van der Waals surface area contributed by atoms with Crippen LogP contribution in [0.2, 0.25) is 0 Å². The van der Waals surface area contributed by atoms with Crippen LogP contribution in [0.15, 0.2) is 48.5 Å². The third-order valence-electron chi connectivity index (χ3n) is 3.35. The molecule has 5 nitrogen and oxygen atoms in total. The molecule has 0 saturated carbocycles. The summed E-state index contributed by atoms with van der Waals surface area (Å²) in [5.74, 6) is -0.254. The van der Waals surface area contributed by atoms with Crippen molar-refractivity contribution in [3.8, 4) is 0 Å². The van der Waals surface area contributed by atoms with Crippen LogP contribution in [0.4, 0.5) is 5.69 Å². The zero-order chi connectivity index (χ0) is 17.0. The van der Waals surface area contributed by atoms with Crippen molar-refractivity contribution in [3.63, 3.8) is 0 Å². The van der Waals surface area contributed by atoms with Crippen molar-refractivity contribution in [2.75, 3.05) is 11.0 Å². The molecule has 0 aromatic heterocycles. The van der Waals surface area contributed by atoms with E-state index in [4.69, 9.17) is 0 Å². The van der Waals surface area contributed by atoms with E-state index in [-0.39, 0.29) is 11.9 Å². The van der Waals surface area contributed by atoms with Crippen molar-refractivity contribution in [2.24, 2.45) is 0 Å². The van der Waals surface area contributed by atoms with Crippen LogP contribution >= 0.6 is 0 Å². The summed E-state index contributed by atoms with van der Waals surface area (Å²) in [6.45, 7) is 3.91. The SMILES string of the molecule is Cc1ccc(C(C)NC(=O)c2cccc(NS(C)(=O)=O)c2)cc1. The first-order valence-corrected chi connectivity index (χ1v) is 9.09. The number of carbonyl (C=O) groups is 1. The van der Waals surface area contributed by atoms with Crippen molar-refractivity contribution in [2.45, 2.75) is 19.9 Å². The van der Waals surface area contributed by atoms with Crippen LogP contribution in [0.1, 0.15) is 34.5 Å². The zero-order valence-corrected chi connectivity index (χ0v) is 14.1. The molecule has 1 atom stereocenters. The van der Waals surface area contributed by atoms with Gasteiger partial charge < -0.3 is 5.32 Å². The quantitative estimate of drug-likeness (QED) is 0.884. The number of sulfonamides is 1. The summed E-state index contributed by atoms with van der Waals surface area (Å²) in [6, 6.07) is 14.2. The molecular weight excluding hydrogens is 312 g/mol. The van der Waals surface area contributed by atoms with Crippen LogP contribution in [0, 0.1) is 6.92 Å². The third-order valence-corrected chi connectivity index (χ3v) is 3.96. The monoisotopic (exact) mass is 332 g/mol. The van der Waals surface area contributed by atoms with Crippen LogP contribution in [0.25, 0.3) is 0 Å². The predicted octanol–water partition coefficient (Wildman–Crippen LogP) is 2.86. The summed E-state index contributed by atoms with van der Waals surface area (Å²) in [6.07, 6.45) is 1.07. The Labute approximate surface area is 136 Å². The minimum absolute atomic E-state index is 0.144. The maximum atomic E-state index is 12.3. The molecule has 2 rings (SSSR count). The Morgan fingerprint density at radius 3 is 2.35 bits per heavy atom. The van der Waals surface area contributed by atoms with Crippen LogP contribution in [-0.2, 0) is 10.0 Å². The number of nitrogens with one attached hydrogen (secondary N) is 2. The summed E-state index contributed by atoms with van der Waals surface area (Å²) in [4.78, 5) is 12.3. The molecular formula is C17H20N2O3S. The van der Waals surface area contributed by atoms with Crippen LogP contribution in [0.5, 0.6) is 0 Å². The molecule has 0 aliphatic heterocycles. The van der Waals surface area contributed by atoms with Crippen molar-refractivity contribution in [3.05, 3.63) is 65.2 Å². The van der Waals surface area contributed by atoms with E-state index in [0.717, 1.165) is 17.4 Å². The number of anilines is 1. The molecule has 0 aliphatic carbocycles. The summed E-state index contributed by atoms with van der Waals surface area (Å²) >= 11 is 0. The molecule has 0 fully saturated rings. The van der Waals surface area contributed by atoms with Gasteiger partial charge in [0.15, 0.2) is 0 Å². The first-order chi connectivity index (χ1) is 10.7. The average Bonchev–Trinajstić information content (AvgIpc) is 2.46. The molecule has 6 heteroatoms. The van der Waals surface area contributed by atoms with Gasteiger partial charge in [0.25, 0.3) is 5.91 Å². The van der Waals surface area contributed by atoms with Gasteiger partial charge >= 0.3 is 0 Å². The van der Waals surface area contributed by atoms with Crippen LogP contribution in [0.3, 0.4) is 0 Å². The highest BCUT2D eigenvalue weighted by Crippen LogP contribution is 2.16. The number of benzene rings is 2. The summed E-state index contributed by atoms with van der Waals surface area (Å²) in [7, 11) is -3.37. The number of amides is 1. The number of rotatable bonds is 5. The highest BCUT2D eigenvalue weighted by molar-refractivity contribution is 7.92. The van der Waals surface area contributed by atoms with E-state index in [1.807, 2.05) is 38.1 Å². The fourth-order valence-electron chi connectivity index (χ4n) is 2.16. The van der Waals surface area contributed by atoms with E-state index in [1.54, 1.807) is 18.2 Å². The molecule has 1 unspecified atom stereocenters. The van der Waals surface area contributed by atoms with E-state index in [0.29, 0.717) is 11.3 Å². The lowest BCUT2D eigenvalue weighted by Crippen LogP contribution is -2.26. The Morgan fingerprint density at radius 2 is 1.74 bits per heavy atom. The Balaban J connectivity index is 2.11. The van der Waals surface area contributed by atoms with Gasteiger partial charge in [0.05, 0.1) is 12.3 Å². The molecule has 0 aliphatic rings. The lowest BCUT2D eigenvalue weighted by molar-refractivity contribution is 0.0940. The third kappa shape index (κ3) is 5.10. The van der Waals surface area contributed by atoms with Gasteiger partial charge in [0.1, 0.15) is 0 Å². The number of hydrogen-bond donors (Lipinski definition) is 2. The summed E-state index contributed by atoms with van der Waals surface area (Å²) < 4.78 is 24.9. The lowest BCUT2D eigenvalue weighted by Gasteiger charge is -2.15. The first-order valence-electron chi connectivity index (χ1n) is 7.20. The predicted molar refractivity (Wildman–Crippen MR) is 92.0 cm³/mol. The van der Waals surface area contributed by atoms with E-state index < -0.39 is 10.0 Å². The molecule has 2 aromatic rings. The molecule has 1 amide bonds. The van der Waals surface area contributed by atoms with Gasteiger partial charge in [0.2, 0.25) is 10.0 Å². The van der Waals surface area contributed by atoms with Gasteiger partial charge in [-0.2, -0.15) is 0 Å². The molecule has 0 heterocycles. The van der Waals surface area contributed by atoms with Crippen molar-refractivity contribution >= 4 is 21.6 Å². The second-order valence-electron chi connectivity index (χ2n) is 5.56. The first kappa shape index (κ1) is 17.0. The number of aryl methyl sites for hydroxylation is 1. The van der Waals surface area contributed by atoms with E-state index in [2.05, 4.69) is 10.0 Å². The molecule has 122 valence electrons. The second-order valence-corrected chi connectivity index (χ2v) is 7.31. The van der Waals surface area contributed by atoms with Crippen molar-refractivity contribution in [1.82, 2.24) is 5.32 Å². The minimum atomic E-state index is -3.37. The zero-order valence-electron chi connectivity index (χ0n) is 13.3. The van der Waals surface area contributed by atoms with E-state index >= 15 is 0 Å². The normalized spacial score (nSPS) is 12.5. The summed E-state index contributed by atoms with van der Waals surface area (Å²) in [5, 5.41) is 2.91. The Kier molecular flexibility index (Phi) is 5.05. The molecule has 2 aromatic carbocycles. The van der Waals surface area contributed by atoms with Gasteiger partial charge in [-0.1, -0.05) is 35.9 Å².